The molecule has 0 aliphatic heterocycles. The summed E-state index contributed by atoms with van der Waals surface area (Å²) in [6.07, 6.45) is 3.86. The third-order valence-electron chi connectivity index (χ3n) is 4.25. The summed E-state index contributed by atoms with van der Waals surface area (Å²) in [5.74, 6) is -1.27. The van der Waals surface area contributed by atoms with Gasteiger partial charge in [-0.25, -0.2) is 8.78 Å². The van der Waals surface area contributed by atoms with Gasteiger partial charge < -0.3 is 5.11 Å². The van der Waals surface area contributed by atoms with E-state index in [0.717, 1.165) is 25.7 Å². The molecule has 0 spiro atoms. The summed E-state index contributed by atoms with van der Waals surface area (Å²) in [5, 5.41) is 10.8. The molecular formula is C15H20F2O. The number of hydrogen-bond acceptors (Lipinski definition) is 1. The van der Waals surface area contributed by atoms with Crippen molar-refractivity contribution in [3.8, 4) is 0 Å². The molecule has 2 rings (SSSR count). The second-order valence-electron chi connectivity index (χ2n) is 5.33. The van der Waals surface area contributed by atoms with E-state index in [-0.39, 0.29) is 11.5 Å². The van der Waals surface area contributed by atoms with Crippen molar-refractivity contribution in [3.63, 3.8) is 0 Å². The number of hydrogen-bond donors (Lipinski definition) is 1. The van der Waals surface area contributed by atoms with Crippen molar-refractivity contribution in [2.24, 2.45) is 5.92 Å². The number of benzene rings is 1. The third-order valence-corrected chi connectivity index (χ3v) is 4.25. The van der Waals surface area contributed by atoms with Crippen LogP contribution in [-0.2, 0) is 5.60 Å². The van der Waals surface area contributed by atoms with Gasteiger partial charge in [-0.1, -0.05) is 32.3 Å². The van der Waals surface area contributed by atoms with Crippen molar-refractivity contribution >= 4 is 0 Å². The smallest absolute Gasteiger partial charge is 0.135 e. The molecule has 1 fully saturated rings. The highest BCUT2D eigenvalue weighted by Gasteiger charge is 2.43. The lowest BCUT2D eigenvalue weighted by Gasteiger charge is -2.40. The minimum atomic E-state index is -1.34. The minimum Gasteiger partial charge on any atom is -0.385 e. The molecule has 1 aliphatic carbocycles. The number of halogens is 2. The average Bonchev–Trinajstić information content (AvgIpc) is 2.35. The Balaban J connectivity index is 2.54. The first-order valence-electron chi connectivity index (χ1n) is 6.68. The van der Waals surface area contributed by atoms with Gasteiger partial charge in [0.1, 0.15) is 11.6 Å². The standard InChI is InChI=1S/C15H20F2O/c1-3-11-6-4-5-9-15(11,18)13-12(16)8-7-10(2)14(13)17/h7-8,11,18H,3-6,9H2,1-2H3. The van der Waals surface area contributed by atoms with Crippen LogP contribution >= 0.6 is 0 Å². The lowest BCUT2D eigenvalue weighted by Crippen LogP contribution is -2.39. The molecule has 0 heterocycles. The summed E-state index contributed by atoms with van der Waals surface area (Å²) in [6, 6.07) is 2.67. The first-order valence-corrected chi connectivity index (χ1v) is 6.68. The number of aryl methyl sites for hydroxylation is 1. The Bertz CT molecular complexity index is 444. The zero-order valence-corrected chi connectivity index (χ0v) is 11.0. The Hall–Kier alpha value is -0.960. The zero-order valence-electron chi connectivity index (χ0n) is 11.0. The summed E-state index contributed by atoms with van der Waals surface area (Å²) < 4.78 is 28.2. The summed E-state index contributed by atoms with van der Waals surface area (Å²) >= 11 is 0. The maximum atomic E-state index is 14.2. The normalized spacial score (nSPS) is 28.4. The van der Waals surface area contributed by atoms with Crippen LogP contribution in [0, 0.1) is 24.5 Å². The van der Waals surface area contributed by atoms with E-state index < -0.39 is 17.2 Å². The molecule has 1 aromatic rings. The molecule has 18 heavy (non-hydrogen) atoms. The molecule has 0 aromatic heterocycles. The van der Waals surface area contributed by atoms with E-state index in [9.17, 15) is 13.9 Å². The molecule has 0 amide bonds. The zero-order chi connectivity index (χ0) is 13.3. The van der Waals surface area contributed by atoms with Gasteiger partial charge in [0, 0.05) is 0 Å². The van der Waals surface area contributed by atoms with E-state index in [0.29, 0.717) is 12.0 Å². The second-order valence-corrected chi connectivity index (χ2v) is 5.33. The van der Waals surface area contributed by atoms with Gasteiger partial charge in [-0.05, 0) is 37.3 Å². The molecule has 2 atom stereocenters. The highest BCUT2D eigenvalue weighted by atomic mass is 19.1. The van der Waals surface area contributed by atoms with Gasteiger partial charge in [-0.15, -0.1) is 0 Å². The molecule has 1 saturated carbocycles. The molecule has 100 valence electrons. The second kappa shape index (κ2) is 4.96. The van der Waals surface area contributed by atoms with Crippen molar-refractivity contribution in [1.82, 2.24) is 0 Å². The third kappa shape index (κ3) is 2.05. The molecule has 1 aliphatic rings. The van der Waals surface area contributed by atoms with Crippen LogP contribution in [0.3, 0.4) is 0 Å². The van der Waals surface area contributed by atoms with Crippen LogP contribution in [0.4, 0.5) is 8.78 Å². The summed E-state index contributed by atoms with van der Waals surface area (Å²) in [6.45, 7) is 3.57. The van der Waals surface area contributed by atoms with Gasteiger partial charge in [0.15, 0.2) is 0 Å². The summed E-state index contributed by atoms with van der Waals surface area (Å²) in [7, 11) is 0. The number of aliphatic hydroxyl groups is 1. The molecule has 0 bridgehead atoms. The molecule has 1 aromatic carbocycles. The van der Waals surface area contributed by atoms with Crippen LogP contribution in [0.1, 0.15) is 50.2 Å². The van der Waals surface area contributed by atoms with Gasteiger partial charge in [0.25, 0.3) is 0 Å². The fourth-order valence-corrected chi connectivity index (χ4v) is 3.15. The van der Waals surface area contributed by atoms with Crippen LogP contribution in [0.25, 0.3) is 0 Å². The Labute approximate surface area is 107 Å². The van der Waals surface area contributed by atoms with Crippen molar-refractivity contribution in [1.29, 1.82) is 0 Å². The molecule has 3 heteroatoms. The molecule has 0 saturated heterocycles. The van der Waals surface area contributed by atoms with Crippen LogP contribution in [0.2, 0.25) is 0 Å². The van der Waals surface area contributed by atoms with E-state index in [1.807, 2.05) is 6.92 Å². The van der Waals surface area contributed by atoms with Crippen LogP contribution < -0.4 is 0 Å². The van der Waals surface area contributed by atoms with E-state index in [2.05, 4.69) is 0 Å². The molecule has 0 radical (unpaired) electrons. The van der Waals surface area contributed by atoms with E-state index >= 15 is 0 Å². The maximum absolute atomic E-state index is 14.2. The van der Waals surface area contributed by atoms with Crippen LogP contribution in [0.5, 0.6) is 0 Å². The van der Waals surface area contributed by atoms with Crippen molar-refractivity contribution in [2.75, 3.05) is 0 Å². The maximum Gasteiger partial charge on any atom is 0.135 e. The lowest BCUT2D eigenvalue weighted by molar-refractivity contribution is -0.0611. The van der Waals surface area contributed by atoms with Gasteiger partial charge in [-0.3, -0.25) is 0 Å². The fourth-order valence-electron chi connectivity index (χ4n) is 3.15. The monoisotopic (exact) mass is 254 g/mol. The van der Waals surface area contributed by atoms with Crippen LogP contribution in [0.15, 0.2) is 12.1 Å². The average molecular weight is 254 g/mol. The lowest BCUT2D eigenvalue weighted by atomic mass is 9.70. The predicted octanol–water partition coefficient (Wildman–Crippen LogP) is 4.06. The fraction of sp³-hybridized carbons (Fsp3) is 0.600. The number of rotatable bonds is 2. The summed E-state index contributed by atoms with van der Waals surface area (Å²) in [4.78, 5) is 0. The molecular weight excluding hydrogens is 234 g/mol. The van der Waals surface area contributed by atoms with Crippen LogP contribution in [-0.4, -0.2) is 5.11 Å². The van der Waals surface area contributed by atoms with Crippen molar-refractivity contribution in [3.05, 3.63) is 34.9 Å². The topological polar surface area (TPSA) is 20.2 Å². The molecule has 2 unspecified atom stereocenters. The predicted molar refractivity (Wildman–Crippen MR) is 67.2 cm³/mol. The summed E-state index contributed by atoms with van der Waals surface area (Å²) in [5.41, 5.74) is -1.07. The Morgan fingerprint density at radius 2 is 2.06 bits per heavy atom. The van der Waals surface area contributed by atoms with Crippen molar-refractivity contribution in [2.45, 2.75) is 51.6 Å². The van der Waals surface area contributed by atoms with Crippen molar-refractivity contribution < 1.29 is 13.9 Å². The van der Waals surface area contributed by atoms with Gasteiger partial charge >= 0.3 is 0 Å². The van der Waals surface area contributed by atoms with Gasteiger partial charge in [0.2, 0.25) is 0 Å². The first-order chi connectivity index (χ1) is 8.50. The minimum absolute atomic E-state index is 0.0583. The molecule has 1 N–H and O–H groups in total. The van der Waals surface area contributed by atoms with Gasteiger partial charge in [0.05, 0.1) is 11.2 Å². The SMILES string of the molecule is CCC1CCCCC1(O)c1c(F)ccc(C)c1F. The highest BCUT2D eigenvalue weighted by Crippen LogP contribution is 2.45. The largest absolute Gasteiger partial charge is 0.385 e. The van der Waals surface area contributed by atoms with E-state index in [1.54, 1.807) is 6.92 Å². The van der Waals surface area contributed by atoms with E-state index in [1.165, 1.54) is 12.1 Å². The Morgan fingerprint density at radius 1 is 1.33 bits per heavy atom. The molecule has 1 nitrogen and oxygen atoms in total. The Kier molecular flexibility index (Phi) is 3.71. The quantitative estimate of drug-likeness (QED) is 0.843. The van der Waals surface area contributed by atoms with Gasteiger partial charge in [-0.2, -0.15) is 0 Å². The Morgan fingerprint density at radius 3 is 2.72 bits per heavy atom. The van der Waals surface area contributed by atoms with E-state index in [4.69, 9.17) is 0 Å². The highest BCUT2D eigenvalue weighted by molar-refractivity contribution is 5.32. The first kappa shape index (κ1) is 13.5.